The summed E-state index contributed by atoms with van der Waals surface area (Å²) in [6, 6.07) is 16.4. The molecule has 3 rings (SSSR count). The fraction of sp³-hybridized carbons (Fsp3) is 0.217. The second kappa shape index (κ2) is 9.59. The Balaban J connectivity index is 1.40. The molecule has 1 heterocycles. The molecule has 2 amide bonds. The molecule has 3 aromatic rings. The predicted octanol–water partition coefficient (Wildman–Crippen LogP) is 4.23. The van der Waals surface area contributed by atoms with Crippen LogP contribution in [0.5, 0.6) is 5.75 Å². The number of benzene rings is 2. The van der Waals surface area contributed by atoms with Gasteiger partial charge in [-0.25, -0.2) is 0 Å². The molecule has 0 fully saturated rings. The van der Waals surface area contributed by atoms with Gasteiger partial charge in [-0.05, 0) is 60.9 Å². The maximum atomic E-state index is 12.0. The molecule has 2 aromatic carbocycles. The number of rotatable bonds is 8. The molecule has 150 valence electrons. The molecule has 0 saturated heterocycles. The Morgan fingerprint density at radius 3 is 2.52 bits per heavy atom. The summed E-state index contributed by atoms with van der Waals surface area (Å²) in [5.74, 6) is 0.680. The Hall–Kier alpha value is -3.54. The van der Waals surface area contributed by atoms with Crippen LogP contribution in [0.4, 0.5) is 5.69 Å². The van der Waals surface area contributed by atoms with Gasteiger partial charge in [0.15, 0.2) is 5.76 Å². The average molecular weight is 392 g/mol. The largest absolute Gasteiger partial charge is 0.493 e. The van der Waals surface area contributed by atoms with Gasteiger partial charge in [-0.1, -0.05) is 24.3 Å². The van der Waals surface area contributed by atoms with Crippen molar-refractivity contribution in [2.45, 2.75) is 26.8 Å². The molecule has 0 aliphatic rings. The van der Waals surface area contributed by atoms with Crippen molar-refractivity contribution in [3.63, 3.8) is 0 Å². The molecule has 0 spiro atoms. The summed E-state index contributed by atoms with van der Waals surface area (Å²) >= 11 is 0. The fourth-order valence-electron chi connectivity index (χ4n) is 2.73. The van der Waals surface area contributed by atoms with E-state index in [4.69, 9.17) is 9.15 Å². The summed E-state index contributed by atoms with van der Waals surface area (Å²) in [7, 11) is 0. The van der Waals surface area contributed by atoms with Gasteiger partial charge in [0.05, 0.1) is 19.3 Å². The van der Waals surface area contributed by atoms with Crippen molar-refractivity contribution >= 4 is 17.5 Å². The number of carbonyl (C=O) groups excluding carboxylic acids is 2. The SMILES string of the molecule is Cc1cccc(OCCC(=O)NCc2ccc(NC(=O)c3ccco3)cc2)c1C. The zero-order valence-corrected chi connectivity index (χ0v) is 16.5. The maximum Gasteiger partial charge on any atom is 0.291 e. The van der Waals surface area contributed by atoms with Gasteiger partial charge in [0.25, 0.3) is 5.91 Å². The van der Waals surface area contributed by atoms with Crippen LogP contribution < -0.4 is 15.4 Å². The number of amides is 2. The van der Waals surface area contributed by atoms with Crippen LogP contribution >= 0.6 is 0 Å². The van der Waals surface area contributed by atoms with Crippen LogP contribution in [0.2, 0.25) is 0 Å². The molecule has 29 heavy (non-hydrogen) atoms. The molecule has 0 bridgehead atoms. The molecule has 0 aliphatic carbocycles. The zero-order valence-electron chi connectivity index (χ0n) is 16.5. The van der Waals surface area contributed by atoms with E-state index in [0.717, 1.165) is 22.4 Å². The Morgan fingerprint density at radius 2 is 1.79 bits per heavy atom. The smallest absolute Gasteiger partial charge is 0.291 e. The Bertz CT molecular complexity index is 963. The van der Waals surface area contributed by atoms with Gasteiger partial charge < -0.3 is 19.8 Å². The normalized spacial score (nSPS) is 10.4. The lowest BCUT2D eigenvalue weighted by Crippen LogP contribution is -2.24. The third-order valence-electron chi connectivity index (χ3n) is 4.59. The monoisotopic (exact) mass is 392 g/mol. The highest BCUT2D eigenvalue weighted by atomic mass is 16.5. The molecule has 1 aromatic heterocycles. The highest BCUT2D eigenvalue weighted by molar-refractivity contribution is 6.02. The first kappa shape index (κ1) is 20.2. The predicted molar refractivity (Wildman–Crippen MR) is 111 cm³/mol. The molecule has 0 aliphatic heterocycles. The van der Waals surface area contributed by atoms with Crippen LogP contribution in [-0.2, 0) is 11.3 Å². The number of hydrogen-bond donors (Lipinski definition) is 2. The van der Waals surface area contributed by atoms with Gasteiger partial charge in [-0.2, -0.15) is 0 Å². The van der Waals surface area contributed by atoms with E-state index in [-0.39, 0.29) is 24.0 Å². The molecule has 6 nitrogen and oxygen atoms in total. The van der Waals surface area contributed by atoms with E-state index in [1.165, 1.54) is 6.26 Å². The molecular weight excluding hydrogens is 368 g/mol. The Morgan fingerprint density at radius 1 is 1.00 bits per heavy atom. The van der Waals surface area contributed by atoms with Gasteiger partial charge in [0.2, 0.25) is 5.91 Å². The summed E-state index contributed by atoms with van der Waals surface area (Å²) < 4.78 is 10.8. The maximum absolute atomic E-state index is 12.0. The van der Waals surface area contributed by atoms with Gasteiger partial charge in [0, 0.05) is 12.2 Å². The third-order valence-corrected chi connectivity index (χ3v) is 4.59. The van der Waals surface area contributed by atoms with E-state index < -0.39 is 0 Å². The number of carbonyl (C=O) groups is 2. The van der Waals surface area contributed by atoms with Crippen LogP contribution in [-0.4, -0.2) is 18.4 Å². The quantitative estimate of drug-likeness (QED) is 0.601. The summed E-state index contributed by atoms with van der Waals surface area (Å²) in [6.45, 7) is 4.77. The van der Waals surface area contributed by atoms with Crippen molar-refractivity contribution < 1.29 is 18.7 Å². The van der Waals surface area contributed by atoms with Crippen molar-refractivity contribution in [1.29, 1.82) is 0 Å². The Labute approximate surface area is 169 Å². The first-order valence-electron chi connectivity index (χ1n) is 9.42. The van der Waals surface area contributed by atoms with E-state index in [0.29, 0.717) is 18.8 Å². The molecule has 0 unspecified atom stereocenters. The van der Waals surface area contributed by atoms with E-state index in [9.17, 15) is 9.59 Å². The molecule has 0 saturated carbocycles. The van der Waals surface area contributed by atoms with Crippen LogP contribution in [0.3, 0.4) is 0 Å². The van der Waals surface area contributed by atoms with Crippen LogP contribution in [0.1, 0.15) is 33.7 Å². The first-order chi connectivity index (χ1) is 14.0. The highest BCUT2D eigenvalue weighted by Crippen LogP contribution is 2.20. The van der Waals surface area contributed by atoms with Crippen molar-refractivity contribution in [3.8, 4) is 5.75 Å². The van der Waals surface area contributed by atoms with Crippen molar-refractivity contribution in [2.24, 2.45) is 0 Å². The molecule has 6 heteroatoms. The lowest BCUT2D eigenvalue weighted by Gasteiger charge is -2.11. The highest BCUT2D eigenvalue weighted by Gasteiger charge is 2.09. The second-order valence-corrected chi connectivity index (χ2v) is 6.70. The summed E-state index contributed by atoms with van der Waals surface area (Å²) in [5.41, 5.74) is 3.84. The van der Waals surface area contributed by atoms with Crippen molar-refractivity contribution in [1.82, 2.24) is 5.32 Å². The zero-order chi connectivity index (χ0) is 20.6. The fourth-order valence-corrected chi connectivity index (χ4v) is 2.73. The van der Waals surface area contributed by atoms with E-state index >= 15 is 0 Å². The van der Waals surface area contributed by atoms with E-state index in [1.54, 1.807) is 24.3 Å². The topological polar surface area (TPSA) is 80.6 Å². The lowest BCUT2D eigenvalue weighted by molar-refractivity contribution is -0.121. The average Bonchev–Trinajstić information content (AvgIpc) is 3.26. The number of furan rings is 1. The molecule has 0 atom stereocenters. The Kier molecular flexibility index (Phi) is 6.68. The minimum Gasteiger partial charge on any atom is -0.493 e. The minimum atomic E-state index is -0.306. The summed E-state index contributed by atoms with van der Waals surface area (Å²) in [5, 5.41) is 5.62. The van der Waals surface area contributed by atoms with Crippen LogP contribution in [0.15, 0.2) is 65.3 Å². The summed E-state index contributed by atoms with van der Waals surface area (Å²) in [6.07, 6.45) is 1.73. The number of aryl methyl sites for hydroxylation is 1. The molecule has 2 N–H and O–H groups in total. The molecule has 0 radical (unpaired) electrons. The van der Waals surface area contributed by atoms with Gasteiger partial charge in [-0.3, -0.25) is 9.59 Å². The minimum absolute atomic E-state index is 0.0782. The van der Waals surface area contributed by atoms with Crippen molar-refractivity contribution in [2.75, 3.05) is 11.9 Å². The van der Waals surface area contributed by atoms with Crippen LogP contribution in [0.25, 0.3) is 0 Å². The number of anilines is 1. The summed E-state index contributed by atoms with van der Waals surface area (Å²) in [4.78, 5) is 24.0. The standard InChI is InChI=1S/C23H24N2O4/c1-16-5-3-6-20(17(16)2)29-14-12-22(26)24-15-18-8-10-19(11-9-18)25-23(27)21-7-4-13-28-21/h3-11,13H,12,14-15H2,1-2H3,(H,24,26)(H,25,27). The number of nitrogens with one attached hydrogen (secondary N) is 2. The lowest BCUT2D eigenvalue weighted by atomic mass is 10.1. The van der Waals surface area contributed by atoms with Crippen LogP contribution in [0, 0.1) is 13.8 Å². The van der Waals surface area contributed by atoms with Crippen molar-refractivity contribution in [3.05, 3.63) is 83.3 Å². The third kappa shape index (κ3) is 5.72. The van der Waals surface area contributed by atoms with Gasteiger partial charge in [-0.15, -0.1) is 0 Å². The second-order valence-electron chi connectivity index (χ2n) is 6.70. The number of ether oxygens (including phenoxy) is 1. The number of hydrogen-bond acceptors (Lipinski definition) is 4. The van der Waals surface area contributed by atoms with Gasteiger partial charge in [0.1, 0.15) is 5.75 Å². The van der Waals surface area contributed by atoms with Gasteiger partial charge >= 0.3 is 0 Å². The van der Waals surface area contributed by atoms with E-state index in [1.807, 2.05) is 44.2 Å². The molecular formula is C23H24N2O4. The van der Waals surface area contributed by atoms with E-state index in [2.05, 4.69) is 10.6 Å². The first-order valence-corrected chi connectivity index (χ1v) is 9.42.